The molecular formula is C12H18N6O2. The molecule has 0 aromatic carbocycles. The van der Waals surface area contributed by atoms with Crippen molar-refractivity contribution in [2.45, 2.75) is 33.2 Å². The molecule has 0 saturated heterocycles. The summed E-state index contributed by atoms with van der Waals surface area (Å²) in [5, 5.41) is 15.6. The third kappa shape index (κ3) is 2.29. The number of nitrogens with zero attached hydrogens (tertiary/aromatic N) is 5. The van der Waals surface area contributed by atoms with Crippen LogP contribution >= 0.6 is 0 Å². The number of nitro groups is 1. The maximum absolute atomic E-state index is 11.3. The molecule has 2 N–H and O–H groups in total. The predicted molar refractivity (Wildman–Crippen MR) is 73.9 cm³/mol. The summed E-state index contributed by atoms with van der Waals surface area (Å²) in [5.41, 5.74) is 5.96. The van der Waals surface area contributed by atoms with E-state index in [0.29, 0.717) is 30.3 Å². The molecule has 0 amide bonds. The van der Waals surface area contributed by atoms with Gasteiger partial charge in [-0.2, -0.15) is 5.10 Å². The SMILES string of the molecule is Cc1nn(C(C)C)c(-n2ccnc2CCN)c1[N+](=O)[O-]. The van der Waals surface area contributed by atoms with E-state index in [1.54, 1.807) is 28.6 Å². The highest BCUT2D eigenvalue weighted by atomic mass is 16.6. The molecule has 0 saturated carbocycles. The number of aryl methyl sites for hydroxylation is 1. The summed E-state index contributed by atoms with van der Waals surface area (Å²) < 4.78 is 3.35. The van der Waals surface area contributed by atoms with Crippen molar-refractivity contribution in [1.29, 1.82) is 0 Å². The van der Waals surface area contributed by atoms with Gasteiger partial charge in [-0.15, -0.1) is 0 Å². The topological polar surface area (TPSA) is 105 Å². The second-order valence-electron chi connectivity index (χ2n) is 4.81. The van der Waals surface area contributed by atoms with Gasteiger partial charge in [0, 0.05) is 24.9 Å². The summed E-state index contributed by atoms with van der Waals surface area (Å²) in [7, 11) is 0. The zero-order chi connectivity index (χ0) is 14.9. The Morgan fingerprint density at radius 2 is 2.20 bits per heavy atom. The largest absolute Gasteiger partial charge is 0.334 e. The molecule has 0 radical (unpaired) electrons. The third-order valence-corrected chi connectivity index (χ3v) is 3.01. The Balaban J connectivity index is 2.70. The lowest BCUT2D eigenvalue weighted by Crippen LogP contribution is -2.14. The van der Waals surface area contributed by atoms with Gasteiger partial charge in [-0.3, -0.25) is 14.7 Å². The van der Waals surface area contributed by atoms with Gasteiger partial charge in [0.15, 0.2) is 0 Å². The van der Waals surface area contributed by atoms with E-state index in [-0.39, 0.29) is 11.7 Å². The van der Waals surface area contributed by atoms with Crippen LogP contribution < -0.4 is 5.73 Å². The van der Waals surface area contributed by atoms with Gasteiger partial charge in [-0.1, -0.05) is 0 Å². The van der Waals surface area contributed by atoms with Crippen molar-refractivity contribution in [3.05, 3.63) is 34.0 Å². The molecule has 8 heteroatoms. The second-order valence-corrected chi connectivity index (χ2v) is 4.81. The highest BCUT2D eigenvalue weighted by Gasteiger charge is 2.28. The van der Waals surface area contributed by atoms with E-state index in [0.717, 1.165) is 0 Å². The van der Waals surface area contributed by atoms with E-state index >= 15 is 0 Å². The molecule has 20 heavy (non-hydrogen) atoms. The van der Waals surface area contributed by atoms with Gasteiger partial charge in [0.05, 0.1) is 4.92 Å². The molecule has 0 bridgehead atoms. The molecule has 0 spiro atoms. The molecule has 2 aromatic rings. The maximum atomic E-state index is 11.3. The van der Waals surface area contributed by atoms with Crippen molar-refractivity contribution in [2.75, 3.05) is 6.54 Å². The fourth-order valence-corrected chi connectivity index (χ4v) is 2.17. The lowest BCUT2D eigenvalue weighted by Gasteiger charge is -2.12. The van der Waals surface area contributed by atoms with E-state index < -0.39 is 4.92 Å². The Morgan fingerprint density at radius 1 is 1.50 bits per heavy atom. The quantitative estimate of drug-likeness (QED) is 0.656. The Labute approximate surface area is 116 Å². The summed E-state index contributed by atoms with van der Waals surface area (Å²) in [6, 6.07) is 0.00512. The molecule has 0 fully saturated rings. The molecule has 2 aromatic heterocycles. The zero-order valence-electron chi connectivity index (χ0n) is 11.8. The van der Waals surface area contributed by atoms with Crippen LogP contribution in [0.5, 0.6) is 0 Å². The van der Waals surface area contributed by atoms with Gasteiger partial charge in [0.1, 0.15) is 11.5 Å². The predicted octanol–water partition coefficient (Wildman–Crippen LogP) is 1.37. The molecule has 0 atom stereocenters. The van der Waals surface area contributed by atoms with Crippen molar-refractivity contribution in [3.63, 3.8) is 0 Å². The molecular weight excluding hydrogens is 260 g/mol. The Bertz CT molecular complexity index is 628. The van der Waals surface area contributed by atoms with E-state index in [1.807, 2.05) is 13.8 Å². The van der Waals surface area contributed by atoms with Crippen molar-refractivity contribution in [1.82, 2.24) is 19.3 Å². The van der Waals surface area contributed by atoms with Crippen molar-refractivity contribution in [3.8, 4) is 5.82 Å². The van der Waals surface area contributed by atoms with Crippen molar-refractivity contribution in [2.24, 2.45) is 5.73 Å². The highest BCUT2D eigenvalue weighted by Crippen LogP contribution is 2.29. The number of nitrogens with two attached hydrogens (primary N) is 1. The summed E-state index contributed by atoms with van der Waals surface area (Å²) in [4.78, 5) is 15.1. The number of imidazole rings is 1. The van der Waals surface area contributed by atoms with E-state index in [2.05, 4.69) is 10.1 Å². The molecule has 0 aliphatic heterocycles. The molecule has 0 aliphatic rings. The first kappa shape index (κ1) is 14.2. The van der Waals surface area contributed by atoms with E-state index in [9.17, 15) is 10.1 Å². The van der Waals surface area contributed by atoms with Crippen LogP contribution in [0.15, 0.2) is 12.4 Å². The molecule has 0 aliphatic carbocycles. The fourth-order valence-electron chi connectivity index (χ4n) is 2.17. The Hall–Kier alpha value is -2.22. The number of rotatable bonds is 5. The maximum Gasteiger partial charge on any atom is 0.334 e. The lowest BCUT2D eigenvalue weighted by atomic mass is 10.3. The first-order valence-corrected chi connectivity index (χ1v) is 6.43. The molecule has 108 valence electrons. The number of aromatic nitrogens is 4. The van der Waals surface area contributed by atoms with Crippen LogP contribution in [0, 0.1) is 17.0 Å². The van der Waals surface area contributed by atoms with Crippen LogP contribution in [0.1, 0.15) is 31.4 Å². The average molecular weight is 278 g/mol. The minimum atomic E-state index is -0.400. The molecule has 8 nitrogen and oxygen atoms in total. The first-order chi connectivity index (χ1) is 9.47. The summed E-state index contributed by atoms with van der Waals surface area (Å²) in [5.74, 6) is 1.13. The second kappa shape index (κ2) is 5.41. The first-order valence-electron chi connectivity index (χ1n) is 6.43. The molecule has 2 rings (SSSR count). The van der Waals surface area contributed by atoms with Gasteiger partial charge in [0.2, 0.25) is 5.82 Å². The van der Waals surface area contributed by atoms with Crippen LogP contribution in [-0.2, 0) is 6.42 Å². The standard InChI is InChI=1S/C12H18N6O2/c1-8(2)17-12(11(18(19)20)9(3)15-17)16-7-6-14-10(16)4-5-13/h6-8H,4-5,13H2,1-3H3. The van der Waals surface area contributed by atoms with Gasteiger partial charge < -0.3 is 5.73 Å². The van der Waals surface area contributed by atoms with Gasteiger partial charge in [-0.05, 0) is 27.3 Å². The minimum Gasteiger partial charge on any atom is -0.330 e. The number of hydrogen-bond acceptors (Lipinski definition) is 5. The fraction of sp³-hybridized carbons (Fsp3) is 0.500. The molecule has 0 unspecified atom stereocenters. The summed E-state index contributed by atoms with van der Waals surface area (Å²) in [6.45, 7) is 5.93. The zero-order valence-corrected chi connectivity index (χ0v) is 11.8. The van der Waals surface area contributed by atoms with Gasteiger partial charge in [-0.25, -0.2) is 9.67 Å². The monoisotopic (exact) mass is 278 g/mol. The smallest absolute Gasteiger partial charge is 0.330 e. The Kier molecular flexibility index (Phi) is 3.84. The average Bonchev–Trinajstić information content (AvgIpc) is 2.93. The van der Waals surface area contributed by atoms with Crippen molar-refractivity contribution >= 4 is 5.69 Å². The summed E-state index contributed by atoms with van der Waals surface area (Å²) >= 11 is 0. The molecule has 2 heterocycles. The van der Waals surface area contributed by atoms with Crippen LogP contribution in [0.3, 0.4) is 0 Å². The Morgan fingerprint density at radius 3 is 2.75 bits per heavy atom. The van der Waals surface area contributed by atoms with E-state index in [4.69, 9.17) is 5.73 Å². The summed E-state index contributed by atoms with van der Waals surface area (Å²) in [6.07, 6.45) is 3.86. The van der Waals surface area contributed by atoms with Crippen LogP contribution in [-0.4, -0.2) is 30.8 Å². The van der Waals surface area contributed by atoms with Gasteiger partial charge >= 0.3 is 5.69 Å². The normalized spacial score (nSPS) is 11.2. The van der Waals surface area contributed by atoms with Crippen LogP contribution in [0.25, 0.3) is 5.82 Å². The lowest BCUT2D eigenvalue weighted by molar-refractivity contribution is -0.385. The van der Waals surface area contributed by atoms with E-state index in [1.165, 1.54) is 0 Å². The van der Waals surface area contributed by atoms with Crippen molar-refractivity contribution < 1.29 is 4.92 Å². The minimum absolute atomic E-state index is 0.00512. The number of hydrogen-bond donors (Lipinski definition) is 1. The highest BCUT2D eigenvalue weighted by molar-refractivity contribution is 5.52. The van der Waals surface area contributed by atoms with Crippen LogP contribution in [0.2, 0.25) is 0 Å². The van der Waals surface area contributed by atoms with Gasteiger partial charge in [0.25, 0.3) is 0 Å². The third-order valence-electron chi connectivity index (χ3n) is 3.01. The van der Waals surface area contributed by atoms with Crippen LogP contribution in [0.4, 0.5) is 5.69 Å².